The Kier molecular flexibility index (Phi) is 33.4. The summed E-state index contributed by atoms with van der Waals surface area (Å²) in [6.07, 6.45) is -10.8. The molecular formula is C6AlCl16F13Ge2. The maximum atomic E-state index is 11.3. The Morgan fingerprint density at radius 3 is 0.526 bits per heavy atom. The van der Waals surface area contributed by atoms with Crippen molar-refractivity contribution in [3.8, 4) is 0 Å². The van der Waals surface area contributed by atoms with Crippen molar-refractivity contribution >= 4 is 211 Å². The normalized spacial score (nSPS) is 12.9. The van der Waals surface area contributed by atoms with Gasteiger partial charge < -0.3 is 0 Å². The van der Waals surface area contributed by atoms with Gasteiger partial charge in [-0.15, -0.1) is 0 Å². The van der Waals surface area contributed by atoms with E-state index in [0.29, 0.717) is 0 Å². The van der Waals surface area contributed by atoms with Gasteiger partial charge in [-0.25, -0.2) is 30.1 Å². The number of rotatable bonds is 0. The van der Waals surface area contributed by atoms with Gasteiger partial charge in [0.25, 0.3) is 0 Å². The van der Waals surface area contributed by atoms with Crippen molar-refractivity contribution in [1.29, 1.82) is 0 Å². The molecule has 0 bridgehead atoms. The fourth-order valence-electron chi connectivity index (χ4n) is 0. The van der Waals surface area contributed by atoms with E-state index in [0.717, 1.165) is 0 Å². The number of hydrogen-bond donors (Lipinski definition) is 0. The molecule has 0 N–H and O–H groups in total. The van der Waals surface area contributed by atoms with Crippen LogP contribution in [0.15, 0.2) is 0 Å². The quantitative estimate of drug-likeness (QED) is 0.129. The van der Waals surface area contributed by atoms with Crippen LogP contribution in [0.25, 0.3) is 0 Å². The van der Waals surface area contributed by atoms with Crippen molar-refractivity contribution in [3.63, 3.8) is 0 Å². The van der Waals surface area contributed by atoms with Crippen LogP contribution in [0.1, 0.15) is 0 Å². The van der Waals surface area contributed by atoms with Gasteiger partial charge in [0.1, 0.15) is 0 Å². The van der Waals surface area contributed by atoms with Crippen molar-refractivity contribution in [1.82, 2.24) is 0 Å². The van der Waals surface area contributed by atoms with E-state index >= 15 is 0 Å². The van der Waals surface area contributed by atoms with Crippen LogP contribution in [-0.4, -0.2) is 66.0 Å². The summed E-state index contributed by atoms with van der Waals surface area (Å²) < 4.78 is 130. The van der Waals surface area contributed by atoms with Crippen LogP contribution in [0.4, 0.5) is 53.5 Å². The van der Waals surface area contributed by atoms with E-state index < -0.39 is 66.0 Å². The van der Waals surface area contributed by atoms with Crippen molar-refractivity contribution in [2.75, 3.05) is 0 Å². The molecule has 0 rings (SSSR count). The van der Waals surface area contributed by atoms with Gasteiger partial charge in [-0.1, -0.05) is 92.8 Å². The van der Waals surface area contributed by atoms with Gasteiger partial charge >= 0.3 is 112 Å². The molecule has 238 valence electrons. The second-order valence-electron chi connectivity index (χ2n) is 4.09. The molecule has 0 fully saturated rings. The van der Waals surface area contributed by atoms with Crippen LogP contribution in [0.5, 0.6) is 0 Å². The maximum absolute atomic E-state index is 11.3. The van der Waals surface area contributed by atoms with Gasteiger partial charge in [-0.05, 0) is 11.6 Å². The molecule has 0 radical (unpaired) electrons. The molecule has 0 saturated carbocycles. The summed E-state index contributed by atoms with van der Waals surface area (Å²) in [6.45, 7) is 0. The Labute approximate surface area is 290 Å². The minimum atomic E-state index is -7.00. The summed E-state index contributed by atoms with van der Waals surface area (Å²) in [4.78, 5) is 0. The van der Waals surface area contributed by atoms with E-state index in [-0.39, 0.29) is 0 Å². The Bertz CT molecular complexity index is 451. The molecule has 0 aromatic carbocycles. The Balaban J connectivity index is -0.0000000825. The van der Waals surface area contributed by atoms with E-state index in [9.17, 15) is 53.5 Å². The SMILES string of the molecule is ClC(Cl)(Cl)C(Cl)(Cl)Cl.FC(F)(F)C(F)(Cl)Cl.FC(F)(F)C(F)(F)Cl.[Cl][Al]([Cl])[Cl].[Cl][Ge]([Cl])([Cl])[Cl].[F][Ge]([F])([F])[F]. The van der Waals surface area contributed by atoms with E-state index in [1.54, 1.807) is 0 Å². The fourth-order valence-corrected chi connectivity index (χ4v) is 0. The topological polar surface area (TPSA) is 0 Å². The first-order valence-electron chi connectivity index (χ1n) is 6.32. The monoisotopic (exact) mass is 1050 g/mol. The third-order valence-corrected chi connectivity index (χ3v) is 4.18. The molecule has 0 aromatic heterocycles. The number of halogens is 29. The molecule has 0 aliphatic carbocycles. The second-order valence-corrected chi connectivity index (χ2v) is 38.2. The molecule has 38 heavy (non-hydrogen) atoms. The molecular weight excluding hydrogens is 1060 g/mol. The number of hydrogen-bond acceptors (Lipinski definition) is 0. The zero-order valence-electron chi connectivity index (χ0n) is 15.5. The van der Waals surface area contributed by atoms with Gasteiger partial charge in [0, 0.05) is 0 Å². The Morgan fingerprint density at radius 1 is 0.447 bits per heavy atom. The summed E-state index contributed by atoms with van der Waals surface area (Å²) >= 11 is 33.7. The van der Waals surface area contributed by atoms with E-state index in [4.69, 9.17) is 140 Å². The Hall–Kier alpha value is 5.35. The minimum absolute atomic E-state index is 1.72. The van der Waals surface area contributed by atoms with Crippen molar-refractivity contribution in [3.05, 3.63) is 0 Å². The molecule has 0 nitrogen and oxygen atoms in total. The van der Waals surface area contributed by atoms with Gasteiger partial charge in [0.2, 0.25) is 7.59 Å². The molecule has 0 unspecified atom stereocenters. The molecule has 0 spiro atoms. The third kappa shape index (κ3) is 64.3. The molecule has 0 aliphatic rings. The van der Waals surface area contributed by atoms with Crippen LogP contribution in [0, 0.1) is 0 Å². The Morgan fingerprint density at radius 2 is 0.526 bits per heavy atom. The molecule has 0 aliphatic heterocycles. The molecule has 0 saturated heterocycles. The van der Waals surface area contributed by atoms with E-state index in [1.807, 2.05) is 0 Å². The zero-order chi connectivity index (χ0) is 33.6. The van der Waals surface area contributed by atoms with E-state index in [1.165, 1.54) is 0 Å². The average molecular weight is 1060 g/mol. The fraction of sp³-hybridized carbons (Fsp3) is 1.00. The van der Waals surface area contributed by atoms with Gasteiger partial charge in [-0.2, -0.15) is 39.5 Å². The molecule has 0 atom stereocenters. The van der Waals surface area contributed by atoms with Gasteiger partial charge in [0.05, 0.1) is 0 Å². The zero-order valence-corrected chi connectivity index (χ0v) is 33.0. The van der Waals surface area contributed by atoms with Crippen LogP contribution in [-0.2, 0) is 0 Å². The number of alkyl halides is 18. The van der Waals surface area contributed by atoms with Crippen LogP contribution < -0.4 is 0 Å². The first-order chi connectivity index (χ1) is 15.5. The summed E-state index contributed by atoms with van der Waals surface area (Å²) in [5.74, 6) is 0. The van der Waals surface area contributed by atoms with Crippen molar-refractivity contribution in [2.45, 2.75) is 29.9 Å². The third-order valence-electron chi connectivity index (χ3n) is 0.964. The van der Waals surface area contributed by atoms with Crippen LogP contribution in [0.3, 0.4) is 0 Å². The summed E-state index contributed by atoms with van der Waals surface area (Å²) in [5.41, 5.74) is 0. The van der Waals surface area contributed by atoms with Crippen LogP contribution >= 0.6 is 175 Å². The summed E-state index contributed by atoms with van der Waals surface area (Å²) in [5, 5.41) is -5.09. The van der Waals surface area contributed by atoms with Gasteiger partial charge in [0.15, 0.2) is 0 Å². The molecule has 0 amide bonds. The first-order valence-corrected chi connectivity index (χ1v) is 29.2. The van der Waals surface area contributed by atoms with Crippen LogP contribution in [0.2, 0.25) is 0 Å². The van der Waals surface area contributed by atoms with Crippen molar-refractivity contribution < 1.29 is 53.5 Å². The average Bonchev–Trinajstić information content (AvgIpc) is 2.36. The molecule has 0 heterocycles. The predicted octanol–water partition coefficient (Wildman–Crippen LogP) is 14.1. The second kappa shape index (κ2) is 22.8. The first kappa shape index (κ1) is 55.7. The predicted molar refractivity (Wildman–Crippen MR) is 142 cm³/mol. The standard InChI is InChI=1S/C2Cl6.C2Cl2F4.C2ClF5.Al.Cl4Ge.3ClH.F4Ge/c3*3-1(4,5)2(6,7)8;;1-5(2,3)4;;;;1-5(2,3)4/h;;;;;3*1H;/q;;;+3;;;;;/p-3. The summed E-state index contributed by atoms with van der Waals surface area (Å²) in [7, 11) is 31.8. The van der Waals surface area contributed by atoms with Crippen molar-refractivity contribution in [2.24, 2.45) is 0 Å². The molecule has 0 aromatic rings. The van der Waals surface area contributed by atoms with E-state index in [2.05, 4.69) is 34.8 Å². The van der Waals surface area contributed by atoms with Gasteiger partial charge in [-0.3, -0.25) is 0 Å². The summed E-state index contributed by atoms with van der Waals surface area (Å²) in [6, 6.07) is 0. The molecule has 32 heteroatoms.